The van der Waals surface area contributed by atoms with E-state index in [1.165, 1.54) is 0 Å². The number of benzene rings is 1. The molecule has 0 radical (unpaired) electrons. The molecule has 0 aromatic heterocycles. The number of sulfonamides is 1. The lowest BCUT2D eigenvalue weighted by atomic mass is 9.69. The second-order valence-corrected chi connectivity index (χ2v) is 7.44. The zero-order valence-corrected chi connectivity index (χ0v) is 11.9. The summed E-state index contributed by atoms with van der Waals surface area (Å²) in [5.41, 5.74) is 0. The van der Waals surface area contributed by atoms with Crippen LogP contribution in [0.25, 0.3) is 0 Å². The van der Waals surface area contributed by atoms with Crippen molar-refractivity contribution in [3.8, 4) is 0 Å². The summed E-state index contributed by atoms with van der Waals surface area (Å²) in [5, 5.41) is 9.22. The van der Waals surface area contributed by atoms with Gasteiger partial charge in [0.1, 0.15) is 11.9 Å². The number of carboxylic acid groups (broad SMARTS) is 1. The molecule has 2 fully saturated rings. The van der Waals surface area contributed by atoms with E-state index < -0.39 is 58.6 Å². The van der Waals surface area contributed by atoms with Gasteiger partial charge in [-0.3, -0.25) is 4.79 Å². The van der Waals surface area contributed by atoms with E-state index >= 15 is 0 Å². The summed E-state index contributed by atoms with van der Waals surface area (Å²) in [7, 11) is -4.27. The average Bonchev–Trinajstić information content (AvgIpc) is 2.75. The summed E-state index contributed by atoms with van der Waals surface area (Å²) in [6.45, 7) is -0.547. The first-order chi connectivity index (χ1) is 10.1. The van der Waals surface area contributed by atoms with E-state index in [1.807, 2.05) is 0 Å². The first-order valence-electron chi connectivity index (χ1n) is 6.52. The zero-order valence-electron chi connectivity index (χ0n) is 11.1. The third kappa shape index (κ3) is 2.11. The molecule has 0 unspecified atom stereocenters. The zero-order chi connectivity index (χ0) is 16.3. The Kier molecular flexibility index (Phi) is 3.26. The number of hydrogen-bond acceptors (Lipinski definition) is 3. The van der Waals surface area contributed by atoms with Crippen LogP contribution in [0.3, 0.4) is 0 Å². The molecule has 1 aliphatic carbocycles. The monoisotopic (exact) mass is 335 g/mol. The lowest BCUT2D eigenvalue weighted by Crippen LogP contribution is -2.50. The summed E-state index contributed by atoms with van der Waals surface area (Å²) in [5.74, 6) is -7.34. The van der Waals surface area contributed by atoms with E-state index in [2.05, 4.69) is 0 Å². The van der Waals surface area contributed by atoms with E-state index in [1.54, 1.807) is 0 Å². The van der Waals surface area contributed by atoms with Gasteiger partial charge in [0.05, 0.1) is 4.90 Å². The fourth-order valence-electron chi connectivity index (χ4n) is 3.18. The number of rotatable bonds is 3. The van der Waals surface area contributed by atoms with Crippen LogP contribution in [0.2, 0.25) is 0 Å². The van der Waals surface area contributed by atoms with E-state index in [9.17, 15) is 31.5 Å². The lowest BCUT2D eigenvalue weighted by Gasteiger charge is -2.40. The van der Waals surface area contributed by atoms with Crippen LogP contribution in [0.15, 0.2) is 29.2 Å². The number of aliphatic carboxylic acids is 1. The molecule has 5 nitrogen and oxygen atoms in total. The van der Waals surface area contributed by atoms with E-state index in [4.69, 9.17) is 0 Å². The van der Waals surface area contributed by atoms with Crippen LogP contribution in [0.4, 0.5) is 13.2 Å². The van der Waals surface area contributed by atoms with Crippen LogP contribution in [-0.4, -0.2) is 42.3 Å². The summed E-state index contributed by atoms with van der Waals surface area (Å²) in [6.07, 6.45) is -0.635. The first kappa shape index (κ1) is 15.3. The molecule has 3 atom stereocenters. The smallest absolute Gasteiger partial charge is 0.322 e. The van der Waals surface area contributed by atoms with Crippen molar-refractivity contribution in [2.24, 2.45) is 11.8 Å². The number of halogens is 3. The van der Waals surface area contributed by atoms with Crippen molar-refractivity contribution in [3.63, 3.8) is 0 Å². The van der Waals surface area contributed by atoms with Crippen LogP contribution in [0.1, 0.15) is 6.42 Å². The van der Waals surface area contributed by atoms with Crippen molar-refractivity contribution in [1.82, 2.24) is 4.31 Å². The molecule has 22 heavy (non-hydrogen) atoms. The van der Waals surface area contributed by atoms with Crippen LogP contribution in [0, 0.1) is 17.7 Å². The molecule has 0 bridgehead atoms. The minimum Gasteiger partial charge on any atom is -0.480 e. The normalized spacial score (nSPS) is 30.6. The Morgan fingerprint density at radius 1 is 1.27 bits per heavy atom. The van der Waals surface area contributed by atoms with Crippen LogP contribution in [-0.2, 0) is 14.8 Å². The molecular formula is C13H12F3NO4S. The maximum Gasteiger partial charge on any atom is 0.322 e. The molecule has 0 spiro atoms. The minimum atomic E-state index is -4.27. The largest absolute Gasteiger partial charge is 0.480 e. The average molecular weight is 335 g/mol. The Labute approximate surface area is 124 Å². The van der Waals surface area contributed by atoms with Gasteiger partial charge >= 0.3 is 5.97 Å². The lowest BCUT2D eigenvalue weighted by molar-refractivity contribution is -0.167. The van der Waals surface area contributed by atoms with Gasteiger partial charge in [0.25, 0.3) is 5.92 Å². The number of carbonyl (C=O) groups is 1. The quantitative estimate of drug-likeness (QED) is 0.910. The molecule has 9 heteroatoms. The highest BCUT2D eigenvalue weighted by Crippen LogP contribution is 2.55. The van der Waals surface area contributed by atoms with Crippen molar-refractivity contribution < 1.29 is 31.5 Å². The molecule has 2 aliphatic rings. The molecule has 1 aliphatic heterocycles. The summed E-state index contributed by atoms with van der Waals surface area (Å²) < 4.78 is 65.4. The highest BCUT2D eigenvalue weighted by atomic mass is 32.2. The topological polar surface area (TPSA) is 74.7 Å². The molecule has 0 amide bonds. The Morgan fingerprint density at radius 2 is 1.86 bits per heavy atom. The molecule has 1 aromatic rings. The molecule has 120 valence electrons. The predicted octanol–water partition coefficient (Wildman–Crippen LogP) is 1.55. The number of fused-ring (bicyclic) bond motifs is 1. The van der Waals surface area contributed by atoms with E-state index in [-0.39, 0.29) is 4.90 Å². The van der Waals surface area contributed by atoms with Crippen LogP contribution < -0.4 is 0 Å². The molecule has 1 N–H and O–H groups in total. The van der Waals surface area contributed by atoms with Gasteiger partial charge in [-0.25, -0.2) is 21.6 Å². The van der Waals surface area contributed by atoms with Gasteiger partial charge in [-0.2, -0.15) is 4.31 Å². The second kappa shape index (κ2) is 4.69. The highest BCUT2D eigenvalue weighted by Gasteiger charge is 2.67. The Balaban J connectivity index is 1.99. The number of alkyl halides is 2. The van der Waals surface area contributed by atoms with Gasteiger partial charge in [-0.15, -0.1) is 0 Å². The number of carboxylic acids is 1. The molecule has 1 heterocycles. The summed E-state index contributed by atoms with van der Waals surface area (Å²) >= 11 is 0. The van der Waals surface area contributed by atoms with Crippen LogP contribution in [0.5, 0.6) is 0 Å². The van der Waals surface area contributed by atoms with Gasteiger partial charge in [0, 0.05) is 24.8 Å². The van der Waals surface area contributed by atoms with Crippen molar-refractivity contribution in [2.75, 3.05) is 6.54 Å². The molecule has 1 saturated heterocycles. The second-order valence-electron chi connectivity index (χ2n) is 5.55. The van der Waals surface area contributed by atoms with Crippen LogP contribution >= 0.6 is 0 Å². The predicted molar refractivity (Wildman–Crippen MR) is 68.3 cm³/mol. The van der Waals surface area contributed by atoms with Gasteiger partial charge < -0.3 is 5.11 Å². The third-order valence-corrected chi connectivity index (χ3v) is 6.19. The van der Waals surface area contributed by atoms with Crippen molar-refractivity contribution >= 4 is 16.0 Å². The van der Waals surface area contributed by atoms with Gasteiger partial charge in [-0.05, 0) is 24.3 Å². The van der Waals surface area contributed by atoms with Gasteiger partial charge in [-0.1, -0.05) is 0 Å². The molecule has 1 saturated carbocycles. The maximum atomic E-state index is 13.5. The fraction of sp³-hybridized carbons (Fsp3) is 0.462. The molecular weight excluding hydrogens is 323 g/mol. The van der Waals surface area contributed by atoms with Gasteiger partial charge in [0.15, 0.2) is 0 Å². The Bertz CT molecular complexity index is 719. The maximum absolute atomic E-state index is 13.5. The molecule has 3 rings (SSSR count). The Hall–Kier alpha value is -1.61. The molecule has 1 aromatic carbocycles. The SMILES string of the molecule is O=C(O)[C@@H]1[C@H]2CC(F)(F)[C@H]2CN1S(=O)(=O)c1ccc(F)cc1. The summed E-state index contributed by atoms with van der Waals surface area (Å²) in [4.78, 5) is 11.0. The van der Waals surface area contributed by atoms with E-state index in [0.717, 1.165) is 24.3 Å². The minimum absolute atomic E-state index is 0.315. The number of nitrogens with zero attached hydrogens (tertiary/aromatic N) is 1. The third-order valence-electron chi connectivity index (χ3n) is 4.33. The summed E-state index contributed by atoms with van der Waals surface area (Å²) in [6, 6.07) is 2.30. The van der Waals surface area contributed by atoms with Crippen molar-refractivity contribution in [1.29, 1.82) is 0 Å². The van der Waals surface area contributed by atoms with Crippen molar-refractivity contribution in [2.45, 2.75) is 23.3 Å². The van der Waals surface area contributed by atoms with Gasteiger partial charge in [0.2, 0.25) is 10.0 Å². The Morgan fingerprint density at radius 3 is 2.36 bits per heavy atom. The van der Waals surface area contributed by atoms with Crippen molar-refractivity contribution in [3.05, 3.63) is 30.1 Å². The fourth-order valence-corrected chi connectivity index (χ4v) is 4.83. The van der Waals surface area contributed by atoms with E-state index in [0.29, 0.717) is 4.31 Å². The highest BCUT2D eigenvalue weighted by molar-refractivity contribution is 7.89. The number of hydrogen-bond donors (Lipinski definition) is 1. The standard InChI is InChI=1S/C13H12F3NO4S/c14-7-1-3-8(4-2-7)22(20,21)17-6-10-9(5-13(10,15)16)11(17)12(18)19/h1-4,9-11H,5-6H2,(H,18,19)/t9-,10-,11-/m0/s1. The first-order valence-corrected chi connectivity index (χ1v) is 7.96.